The van der Waals surface area contributed by atoms with E-state index in [0.29, 0.717) is 16.6 Å². The second kappa shape index (κ2) is 7.52. The zero-order valence-electron chi connectivity index (χ0n) is 12.8. The molecule has 0 radical (unpaired) electrons. The van der Waals surface area contributed by atoms with E-state index in [2.05, 4.69) is 20.8 Å². The Hall–Kier alpha value is -1.29. The number of rotatable bonds is 4. The van der Waals surface area contributed by atoms with Gasteiger partial charge in [-0.1, -0.05) is 30.6 Å². The molecule has 0 unspecified atom stereocenters. The summed E-state index contributed by atoms with van der Waals surface area (Å²) in [7, 11) is 0. The number of carbonyl (C=O) groups is 1. The van der Waals surface area contributed by atoms with E-state index in [1.54, 1.807) is 0 Å². The van der Waals surface area contributed by atoms with Crippen molar-refractivity contribution in [3.63, 3.8) is 0 Å². The molecule has 4 N–H and O–H groups in total. The standard InChI is InChI=1S/C14H22N4O4S/c19-7-11-9(20)6-10(22-11)12-17-18-14(23-12)16-13(21)15-8-4-2-1-3-5-8/h8-11,19-20H,1-7H2,(H2,15,16,18,21)/t9-,10+,11+/m0/s1. The predicted molar refractivity (Wildman–Crippen MR) is 84.3 cm³/mol. The molecule has 128 valence electrons. The number of aromatic nitrogens is 2. The summed E-state index contributed by atoms with van der Waals surface area (Å²) in [5, 5.41) is 33.4. The molecule has 1 saturated carbocycles. The number of hydrogen-bond acceptors (Lipinski definition) is 7. The van der Waals surface area contributed by atoms with Crippen molar-refractivity contribution in [2.75, 3.05) is 11.9 Å². The molecular formula is C14H22N4O4S. The molecule has 1 aliphatic heterocycles. The zero-order valence-corrected chi connectivity index (χ0v) is 13.6. The van der Waals surface area contributed by atoms with Crippen molar-refractivity contribution in [1.29, 1.82) is 0 Å². The summed E-state index contributed by atoms with van der Waals surface area (Å²) in [6, 6.07) is -0.0324. The van der Waals surface area contributed by atoms with E-state index in [4.69, 9.17) is 9.84 Å². The lowest BCUT2D eigenvalue weighted by molar-refractivity contribution is -0.0227. The molecule has 1 aromatic heterocycles. The van der Waals surface area contributed by atoms with Crippen molar-refractivity contribution < 1.29 is 19.7 Å². The van der Waals surface area contributed by atoms with Gasteiger partial charge < -0.3 is 20.3 Å². The third-order valence-electron chi connectivity index (χ3n) is 4.28. The van der Waals surface area contributed by atoms with E-state index >= 15 is 0 Å². The first kappa shape index (κ1) is 16.6. The molecule has 2 fully saturated rings. The first-order valence-corrected chi connectivity index (χ1v) is 8.82. The van der Waals surface area contributed by atoms with Crippen LogP contribution in [0.1, 0.15) is 49.6 Å². The van der Waals surface area contributed by atoms with Gasteiger partial charge in [0.2, 0.25) is 5.13 Å². The Balaban J connectivity index is 1.52. The number of anilines is 1. The summed E-state index contributed by atoms with van der Waals surface area (Å²) in [6.07, 6.45) is 4.26. The maximum absolute atomic E-state index is 12.0. The molecule has 1 aliphatic carbocycles. The van der Waals surface area contributed by atoms with Crippen molar-refractivity contribution in [2.45, 2.75) is 62.9 Å². The molecule has 3 atom stereocenters. The molecule has 9 heteroatoms. The summed E-state index contributed by atoms with van der Waals surface area (Å²) in [5.41, 5.74) is 0. The number of hydrogen-bond donors (Lipinski definition) is 4. The van der Waals surface area contributed by atoms with Crippen LogP contribution in [0.4, 0.5) is 9.93 Å². The molecule has 0 spiro atoms. The van der Waals surface area contributed by atoms with Crippen LogP contribution >= 0.6 is 11.3 Å². The number of aliphatic hydroxyl groups excluding tert-OH is 2. The molecule has 2 aliphatic rings. The van der Waals surface area contributed by atoms with E-state index in [1.807, 2.05) is 0 Å². The number of ether oxygens (including phenoxy) is 1. The molecule has 1 aromatic rings. The monoisotopic (exact) mass is 342 g/mol. The molecule has 0 aromatic carbocycles. The first-order chi connectivity index (χ1) is 11.2. The number of amides is 2. The van der Waals surface area contributed by atoms with Crippen LogP contribution in [0.2, 0.25) is 0 Å². The van der Waals surface area contributed by atoms with Crippen molar-refractivity contribution in [3.8, 4) is 0 Å². The van der Waals surface area contributed by atoms with Crippen molar-refractivity contribution in [2.24, 2.45) is 0 Å². The van der Waals surface area contributed by atoms with Crippen LogP contribution in [0.3, 0.4) is 0 Å². The maximum atomic E-state index is 12.0. The lowest BCUT2D eigenvalue weighted by atomic mass is 9.96. The smallest absolute Gasteiger partial charge is 0.321 e. The van der Waals surface area contributed by atoms with Gasteiger partial charge in [-0.05, 0) is 12.8 Å². The number of aliphatic hydroxyl groups is 2. The zero-order chi connectivity index (χ0) is 16.2. The Morgan fingerprint density at radius 1 is 1.30 bits per heavy atom. The SMILES string of the molecule is O=C(Nc1nnc([C@H]2C[C@H](O)[C@@H](CO)O2)s1)NC1CCCCC1. The van der Waals surface area contributed by atoms with Crippen LogP contribution in [-0.4, -0.2) is 51.3 Å². The van der Waals surface area contributed by atoms with Gasteiger partial charge in [-0.2, -0.15) is 0 Å². The largest absolute Gasteiger partial charge is 0.394 e. The first-order valence-electron chi connectivity index (χ1n) is 8.01. The molecule has 2 heterocycles. The Kier molecular flexibility index (Phi) is 5.42. The summed E-state index contributed by atoms with van der Waals surface area (Å²) in [4.78, 5) is 12.0. The van der Waals surface area contributed by atoms with Crippen molar-refractivity contribution in [1.82, 2.24) is 15.5 Å². The van der Waals surface area contributed by atoms with E-state index in [0.717, 1.165) is 25.7 Å². The molecular weight excluding hydrogens is 320 g/mol. The highest BCUT2D eigenvalue weighted by Gasteiger charge is 2.36. The van der Waals surface area contributed by atoms with Crippen molar-refractivity contribution in [3.05, 3.63) is 5.01 Å². The van der Waals surface area contributed by atoms with E-state index in [1.165, 1.54) is 17.8 Å². The Bertz CT molecular complexity index is 535. The molecule has 8 nitrogen and oxygen atoms in total. The minimum Gasteiger partial charge on any atom is -0.394 e. The van der Waals surface area contributed by atoms with Gasteiger partial charge in [0.1, 0.15) is 17.2 Å². The quantitative estimate of drug-likeness (QED) is 0.653. The molecule has 3 rings (SSSR count). The summed E-state index contributed by atoms with van der Waals surface area (Å²) < 4.78 is 5.53. The lowest BCUT2D eigenvalue weighted by Gasteiger charge is -2.22. The van der Waals surface area contributed by atoms with Crippen LogP contribution in [0.25, 0.3) is 0 Å². The van der Waals surface area contributed by atoms with Crippen LogP contribution in [0, 0.1) is 0 Å². The van der Waals surface area contributed by atoms with Crippen LogP contribution in [0.15, 0.2) is 0 Å². The molecule has 1 saturated heterocycles. The van der Waals surface area contributed by atoms with Crippen LogP contribution < -0.4 is 10.6 Å². The third kappa shape index (κ3) is 4.17. The minimum atomic E-state index is -0.708. The predicted octanol–water partition coefficient (Wildman–Crippen LogP) is 1.18. The number of nitrogens with one attached hydrogen (secondary N) is 2. The highest BCUT2D eigenvalue weighted by Crippen LogP contribution is 2.35. The second-order valence-corrected chi connectivity index (χ2v) is 7.04. The van der Waals surface area contributed by atoms with Crippen LogP contribution in [0.5, 0.6) is 0 Å². The fourth-order valence-corrected chi connectivity index (χ4v) is 3.82. The van der Waals surface area contributed by atoms with Gasteiger partial charge in [0.05, 0.1) is 12.7 Å². The average molecular weight is 342 g/mol. The Morgan fingerprint density at radius 3 is 2.78 bits per heavy atom. The van der Waals surface area contributed by atoms with Gasteiger partial charge in [-0.15, -0.1) is 10.2 Å². The fourth-order valence-electron chi connectivity index (χ4n) is 3.03. The highest BCUT2D eigenvalue weighted by atomic mass is 32.1. The molecule has 23 heavy (non-hydrogen) atoms. The highest BCUT2D eigenvalue weighted by molar-refractivity contribution is 7.15. The van der Waals surface area contributed by atoms with Gasteiger partial charge in [0.25, 0.3) is 0 Å². The van der Waals surface area contributed by atoms with Crippen LogP contribution in [-0.2, 0) is 4.74 Å². The molecule has 2 amide bonds. The number of carbonyl (C=O) groups excluding carboxylic acids is 1. The van der Waals surface area contributed by atoms with Gasteiger partial charge in [-0.25, -0.2) is 4.79 Å². The normalized spacial score (nSPS) is 28.7. The van der Waals surface area contributed by atoms with Crippen molar-refractivity contribution >= 4 is 22.5 Å². The third-order valence-corrected chi connectivity index (χ3v) is 5.21. The van der Waals surface area contributed by atoms with Gasteiger partial charge >= 0.3 is 6.03 Å². The number of urea groups is 1. The maximum Gasteiger partial charge on any atom is 0.321 e. The summed E-state index contributed by atoms with van der Waals surface area (Å²) in [6.45, 7) is -0.231. The Labute approximate surface area is 138 Å². The van der Waals surface area contributed by atoms with Gasteiger partial charge in [-0.3, -0.25) is 5.32 Å². The number of nitrogens with zero attached hydrogens (tertiary/aromatic N) is 2. The van der Waals surface area contributed by atoms with E-state index in [9.17, 15) is 9.90 Å². The minimum absolute atomic E-state index is 0.231. The Morgan fingerprint density at radius 2 is 2.09 bits per heavy atom. The lowest BCUT2D eigenvalue weighted by Crippen LogP contribution is -2.38. The van der Waals surface area contributed by atoms with Gasteiger partial charge in [0.15, 0.2) is 0 Å². The molecule has 0 bridgehead atoms. The average Bonchev–Trinajstić information content (AvgIpc) is 3.14. The second-order valence-electron chi connectivity index (χ2n) is 6.03. The summed E-state index contributed by atoms with van der Waals surface area (Å²) >= 11 is 1.22. The fraction of sp³-hybridized carbons (Fsp3) is 0.786. The summed E-state index contributed by atoms with van der Waals surface area (Å²) in [5.74, 6) is 0. The van der Waals surface area contributed by atoms with Gasteiger partial charge in [0, 0.05) is 12.5 Å². The topological polar surface area (TPSA) is 117 Å². The van der Waals surface area contributed by atoms with E-state index < -0.39 is 18.3 Å². The van der Waals surface area contributed by atoms with E-state index in [-0.39, 0.29) is 18.7 Å².